The van der Waals surface area contributed by atoms with Crippen LogP contribution >= 0.6 is 0 Å². The quantitative estimate of drug-likeness (QED) is 0.568. The average molecular weight is 293 g/mol. The van der Waals surface area contributed by atoms with Crippen molar-refractivity contribution in [1.29, 1.82) is 0 Å². The molecule has 0 aromatic heterocycles. The fourth-order valence-electron chi connectivity index (χ4n) is 2.98. The fraction of sp³-hybridized carbons (Fsp3) is 0.684. The van der Waals surface area contributed by atoms with Crippen LogP contribution in [-0.4, -0.2) is 13.6 Å². The summed E-state index contributed by atoms with van der Waals surface area (Å²) in [6.45, 7) is 11.7. The summed E-state index contributed by atoms with van der Waals surface area (Å²) < 4.78 is 0. The van der Waals surface area contributed by atoms with Crippen molar-refractivity contribution < 1.29 is 0 Å². The molecule has 0 aromatic carbocycles. The Labute approximate surface area is 132 Å². The summed E-state index contributed by atoms with van der Waals surface area (Å²) in [5.41, 5.74) is 8.67. The Morgan fingerprint density at radius 2 is 2.00 bits per heavy atom. The van der Waals surface area contributed by atoms with Crippen molar-refractivity contribution in [3.63, 3.8) is 0 Å². The molecule has 0 amide bonds. The Balaban J connectivity index is 5.56. The summed E-state index contributed by atoms with van der Waals surface area (Å²) in [5, 5.41) is 3.42. The van der Waals surface area contributed by atoms with E-state index in [9.17, 15) is 0 Å². The van der Waals surface area contributed by atoms with Crippen molar-refractivity contribution in [3.05, 3.63) is 35.6 Å². The second-order valence-corrected chi connectivity index (χ2v) is 6.32. The van der Waals surface area contributed by atoms with Gasteiger partial charge in [-0.2, -0.15) is 0 Å². The highest BCUT2D eigenvalue weighted by atomic mass is 14.9. The zero-order chi connectivity index (χ0) is 16.3. The number of hydrogen-bond acceptors (Lipinski definition) is 2. The number of rotatable bonds is 10. The molecule has 0 spiro atoms. The number of nitrogens with two attached hydrogens (primary N) is 1. The Morgan fingerprint density at radius 1 is 1.33 bits per heavy atom. The van der Waals surface area contributed by atoms with Gasteiger partial charge in [0, 0.05) is 24.7 Å². The third-order valence-electron chi connectivity index (χ3n) is 4.03. The van der Waals surface area contributed by atoms with Gasteiger partial charge in [-0.1, -0.05) is 57.1 Å². The van der Waals surface area contributed by atoms with E-state index in [1.54, 1.807) is 0 Å². The molecule has 2 nitrogen and oxygen atoms in total. The summed E-state index contributed by atoms with van der Waals surface area (Å²) in [4.78, 5) is 0. The van der Waals surface area contributed by atoms with Gasteiger partial charge in [0.1, 0.15) is 0 Å². The molecule has 2 heteroatoms. The first kappa shape index (κ1) is 20.0. The zero-order valence-electron chi connectivity index (χ0n) is 15.0. The number of nitrogens with one attached hydrogen (secondary N) is 1. The van der Waals surface area contributed by atoms with E-state index in [0.29, 0.717) is 12.5 Å². The maximum Gasteiger partial charge on any atom is 0.0169 e. The highest BCUT2D eigenvalue weighted by Gasteiger charge is 2.32. The summed E-state index contributed by atoms with van der Waals surface area (Å²) >= 11 is 0. The molecule has 1 unspecified atom stereocenters. The van der Waals surface area contributed by atoms with Crippen LogP contribution in [0.2, 0.25) is 0 Å². The number of hydrogen-bond donors (Lipinski definition) is 2. The maximum absolute atomic E-state index is 5.79. The molecule has 122 valence electrons. The predicted octanol–water partition coefficient (Wildman–Crippen LogP) is 4.79. The first-order valence-electron chi connectivity index (χ1n) is 8.32. The maximum atomic E-state index is 5.79. The molecule has 0 aliphatic carbocycles. The second-order valence-electron chi connectivity index (χ2n) is 6.32. The van der Waals surface area contributed by atoms with Crippen molar-refractivity contribution in [3.8, 4) is 0 Å². The highest BCUT2D eigenvalue weighted by Crippen LogP contribution is 2.41. The van der Waals surface area contributed by atoms with Gasteiger partial charge in [0.2, 0.25) is 0 Å². The lowest BCUT2D eigenvalue weighted by atomic mass is 9.72. The van der Waals surface area contributed by atoms with E-state index in [-0.39, 0.29) is 5.41 Å². The van der Waals surface area contributed by atoms with Crippen LogP contribution in [0, 0.1) is 11.3 Å². The third kappa shape index (κ3) is 6.99. The Morgan fingerprint density at radius 3 is 2.43 bits per heavy atom. The largest absolute Gasteiger partial charge is 0.391 e. The van der Waals surface area contributed by atoms with Crippen LogP contribution < -0.4 is 11.1 Å². The average Bonchev–Trinajstić information content (AvgIpc) is 2.44. The molecule has 0 radical (unpaired) electrons. The van der Waals surface area contributed by atoms with E-state index < -0.39 is 0 Å². The van der Waals surface area contributed by atoms with Gasteiger partial charge >= 0.3 is 0 Å². The van der Waals surface area contributed by atoms with E-state index >= 15 is 0 Å². The Bertz CT molecular complexity index is 364. The first-order valence-corrected chi connectivity index (χ1v) is 8.32. The van der Waals surface area contributed by atoms with Gasteiger partial charge in [-0.15, -0.1) is 0 Å². The molecule has 0 rings (SSSR count). The minimum atomic E-state index is 0.144. The van der Waals surface area contributed by atoms with Crippen molar-refractivity contribution in [1.82, 2.24) is 5.32 Å². The molecule has 1 atom stereocenters. The van der Waals surface area contributed by atoms with E-state index in [1.165, 1.54) is 24.1 Å². The Hall–Kier alpha value is -1.02. The zero-order valence-corrected chi connectivity index (χ0v) is 15.0. The molecule has 0 heterocycles. The lowest BCUT2D eigenvalue weighted by Gasteiger charge is -2.36. The molecule has 3 N–H and O–H groups in total. The van der Waals surface area contributed by atoms with Crippen LogP contribution in [0.5, 0.6) is 0 Å². The van der Waals surface area contributed by atoms with E-state index in [1.807, 2.05) is 7.05 Å². The molecule has 0 saturated heterocycles. The third-order valence-corrected chi connectivity index (χ3v) is 4.03. The van der Waals surface area contributed by atoms with E-state index in [4.69, 9.17) is 5.73 Å². The molecule has 0 aliphatic rings. The summed E-state index contributed by atoms with van der Waals surface area (Å²) in [7, 11) is 2.02. The molecule has 21 heavy (non-hydrogen) atoms. The van der Waals surface area contributed by atoms with Crippen LogP contribution in [0.3, 0.4) is 0 Å². The van der Waals surface area contributed by atoms with Crippen LogP contribution in [0.15, 0.2) is 35.6 Å². The molecular weight excluding hydrogens is 256 g/mol. The molecule has 0 aliphatic heterocycles. The summed E-state index contributed by atoms with van der Waals surface area (Å²) in [6.07, 6.45) is 13.6. The number of allylic oxidation sites excluding steroid dienone is 5. The minimum Gasteiger partial charge on any atom is -0.391 e. The van der Waals surface area contributed by atoms with E-state index in [2.05, 4.69) is 64.2 Å². The molecule has 0 aromatic rings. The second kappa shape index (κ2) is 10.7. The normalized spacial score (nSPS) is 16.6. The molecule has 0 bridgehead atoms. The van der Waals surface area contributed by atoms with Gasteiger partial charge in [0.15, 0.2) is 0 Å². The van der Waals surface area contributed by atoms with E-state index in [0.717, 1.165) is 12.8 Å². The summed E-state index contributed by atoms with van der Waals surface area (Å²) in [5.74, 6) is 0.601. The van der Waals surface area contributed by atoms with Crippen molar-refractivity contribution >= 4 is 0 Å². The van der Waals surface area contributed by atoms with Crippen molar-refractivity contribution in [2.24, 2.45) is 17.1 Å². The minimum absolute atomic E-state index is 0.144. The van der Waals surface area contributed by atoms with Crippen LogP contribution in [0.25, 0.3) is 0 Å². The molecular formula is C19H36N2. The standard InChI is InChI=1S/C19H36N2/c1-7-12-19(15-17(5)8-2,13-9-10-16(3)4)18(21-6)11-14-20/h8-11,16,21H,7,12-15,20H2,1-6H3/b10-9+,17-8+,18-11?. The van der Waals surface area contributed by atoms with Crippen LogP contribution in [-0.2, 0) is 0 Å². The Kier molecular flexibility index (Phi) is 10.2. The van der Waals surface area contributed by atoms with Crippen molar-refractivity contribution in [2.75, 3.05) is 13.6 Å². The van der Waals surface area contributed by atoms with Crippen LogP contribution in [0.1, 0.15) is 60.3 Å². The molecule has 0 fully saturated rings. The van der Waals surface area contributed by atoms with Gasteiger partial charge in [0.05, 0.1) is 0 Å². The van der Waals surface area contributed by atoms with Gasteiger partial charge in [0.25, 0.3) is 0 Å². The lowest BCUT2D eigenvalue weighted by molar-refractivity contribution is 0.305. The first-order chi connectivity index (χ1) is 9.95. The monoisotopic (exact) mass is 292 g/mol. The van der Waals surface area contributed by atoms with Gasteiger partial charge < -0.3 is 11.1 Å². The van der Waals surface area contributed by atoms with Crippen LogP contribution in [0.4, 0.5) is 0 Å². The topological polar surface area (TPSA) is 38.0 Å². The predicted molar refractivity (Wildman–Crippen MR) is 96.2 cm³/mol. The van der Waals surface area contributed by atoms with Gasteiger partial charge in [-0.25, -0.2) is 0 Å². The van der Waals surface area contributed by atoms with Crippen molar-refractivity contribution in [2.45, 2.75) is 60.3 Å². The SMILES string of the molecule is C/C=C(\C)CC(C/C=C/C(C)C)(CCC)C(=CCN)NC. The van der Waals surface area contributed by atoms with Gasteiger partial charge in [-0.3, -0.25) is 0 Å². The fourth-order valence-corrected chi connectivity index (χ4v) is 2.98. The van der Waals surface area contributed by atoms with Gasteiger partial charge in [-0.05, 0) is 39.0 Å². The smallest absolute Gasteiger partial charge is 0.0169 e. The lowest BCUT2D eigenvalue weighted by Crippen LogP contribution is -2.31. The highest BCUT2D eigenvalue weighted by molar-refractivity contribution is 5.20. The molecule has 0 saturated carbocycles. The summed E-state index contributed by atoms with van der Waals surface area (Å²) in [6, 6.07) is 0.